The van der Waals surface area contributed by atoms with Crippen molar-refractivity contribution >= 4 is 6.03 Å². The third-order valence-electron chi connectivity index (χ3n) is 6.07. The minimum atomic E-state index is -0.532. The maximum Gasteiger partial charge on any atom is 0.317 e. The van der Waals surface area contributed by atoms with Gasteiger partial charge in [0.2, 0.25) is 0 Å². The summed E-state index contributed by atoms with van der Waals surface area (Å²) in [6.45, 7) is 1.93. The molecule has 0 radical (unpaired) electrons. The Morgan fingerprint density at radius 1 is 1.24 bits per heavy atom. The normalized spacial score (nSPS) is 29.2. The Morgan fingerprint density at radius 3 is 2.80 bits per heavy atom. The summed E-state index contributed by atoms with van der Waals surface area (Å²) in [6.07, 6.45) is 11.9. The van der Waals surface area contributed by atoms with Gasteiger partial charge in [-0.05, 0) is 44.1 Å². The van der Waals surface area contributed by atoms with Gasteiger partial charge < -0.3 is 15.3 Å². The second kappa shape index (κ2) is 6.90. The highest BCUT2D eigenvalue weighted by atomic mass is 16.3. The molecule has 2 aliphatic carbocycles. The second-order valence-corrected chi connectivity index (χ2v) is 7.95. The van der Waals surface area contributed by atoms with Gasteiger partial charge in [-0.3, -0.25) is 0 Å². The Kier molecular flexibility index (Phi) is 4.63. The van der Waals surface area contributed by atoms with Crippen molar-refractivity contribution in [1.82, 2.24) is 20.2 Å². The number of aliphatic hydroxyl groups is 1. The monoisotopic (exact) mass is 344 g/mol. The van der Waals surface area contributed by atoms with Gasteiger partial charge in [-0.1, -0.05) is 12.8 Å². The van der Waals surface area contributed by atoms with Gasteiger partial charge >= 0.3 is 6.03 Å². The van der Waals surface area contributed by atoms with Crippen LogP contribution in [0.5, 0.6) is 0 Å². The summed E-state index contributed by atoms with van der Waals surface area (Å²) >= 11 is 0. The predicted molar refractivity (Wildman–Crippen MR) is 94.2 cm³/mol. The van der Waals surface area contributed by atoms with Crippen LogP contribution in [0.3, 0.4) is 0 Å². The number of amides is 2. The van der Waals surface area contributed by atoms with Gasteiger partial charge in [0.1, 0.15) is 5.82 Å². The van der Waals surface area contributed by atoms with Gasteiger partial charge in [0.05, 0.1) is 5.60 Å². The highest BCUT2D eigenvalue weighted by Gasteiger charge is 2.43. The molecule has 1 aromatic rings. The van der Waals surface area contributed by atoms with Crippen molar-refractivity contribution in [2.75, 3.05) is 19.6 Å². The van der Waals surface area contributed by atoms with Crippen LogP contribution in [-0.2, 0) is 6.42 Å². The molecule has 2 atom stereocenters. The second-order valence-electron chi connectivity index (χ2n) is 7.95. The maximum atomic E-state index is 12.4. The highest BCUT2D eigenvalue weighted by molar-refractivity contribution is 5.74. The highest BCUT2D eigenvalue weighted by Crippen LogP contribution is 2.39. The van der Waals surface area contributed by atoms with Crippen LogP contribution >= 0.6 is 0 Å². The Balaban J connectivity index is 1.23. The van der Waals surface area contributed by atoms with Gasteiger partial charge in [-0.15, -0.1) is 0 Å². The lowest BCUT2D eigenvalue weighted by molar-refractivity contribution is -0.0870. The molecule has 1 saturated heterocycles. The SMILES string of the molecule is O=C(NCCc1cnc(C2CC2)nc1)N1CC[C@]2(O)CCCC[C@H]2C1. The van der Waals surface area contributed by atoms with Crippen LogP contribution < -0.4 is 5.32 Å². The first-order valence-corrected chi connectivity index (χ1v) is 9.70. The molecule has 25 heavy (non-hydrogen) atoms. The van der Waals surface area contributed by atoms with E-state index in [0.717, 1.165) is 37.1 Å². The van der Waals surface area contributed by atoms with E-state index in [9.17, 15) is 9.90 Å². The van der Waals surface area contributed by atoms with Gasteiger partial charge in [-0.25, -0.2) is 14.8 Å². The molecular formula is C19H28N4O2. The molecule has 1 aromatic heterocycles. The zero-order chi connectivity index (χ0) is 17.3. The van der Waals surface area contributed by atoms with Gasteiger partial charge in [-0.2, -0.15) is 0 Å². The zero-order valence-electron chi connectivity index (χ0n) is 14.8. The molecular weight excluding hydrogens is 316 g/mol. The largest absolute Gasteiger partial charge is 0.389 e. The average Bonchev–Trinajstić information content (AvgIpc) is 3.46. The summed E-state index contributed by atoms with van der Waals surface area (Å²) in [6, 6.07) is -0.0110. The number of likely N-dealkylation sites (tertiary alicyclic amines) is 1. The lowest BCUT2D eigenvalue weighted by Gasteiger charge is -2.47. The maximum absolute atomic E-state index is 12.4. The fourth-order valence-electron chi connectivity index (χ4n) is 4.23. The lowest BCUT2D eigenvalue weighted by atomic mass is 9.71. The van der Waals surface area contributed by atoms with E-state index in [-0.39, 0.29) is 11.9 Å². The molecule has 3 aliphatic rings. The fraction of sp³-hybridized carbons (Fsp3) is 0.737. The van der Waals surface area contributed by atoms with Crippen LogP contribution in [0, 0.1) is 5.92 Å². The Morgan fingerprint density at radius 2 is 2.04 bits per heavy atom. The Bertz CT molecular complexity index is 616. The molecule has 0 unspecified atom stereocenters. The molecule has 2 saturated carbocycles. The number of urea groups is 1. The van der Waals surface area contributed by atoms with Gasteiger partial charge in [0.15, 0.2) is 0 Å². The summed E-state index contributed by atoms with van der Waals surface area (Å²) in [5.74, 6) is 1.77. The third-order valence-corrected chi connectivity index (χ3v) is 6.07. The number of rotatable bonds is 4. The molecule has 2 amide bonds. The summed E-state index contributed by atoms with van der Waals surface area (Å²) in [5, 5.41) is 13.7. The van der Waals surface area contributed by atoms with E-state index in [1.54, 1.807) is 0 Å². The average molecular weight is 344 g/mol. The topological polar surface area (TPSA) is 78.4 Å². The molecule has 0 spiro atoms. The molecule has 0 aromatic carbocycles. The standard InChI is InChI=1S/C19H28N4O2/c24-18(23-10-8-19(25)7-2-1-3-16(19)13-23)20-9-6-14-11-21-17(22-12-14)15-4-5-15/h11-12,15-16,25H,1-10,13H2,(H,20,24)/t16-,19+/m0/s1. The number of piperidine rings is 1. The Labute approximate surface area is 149 Å². The molecule has 4 rings (SSSR count). The first-order valence-electron chi connectivity index (χ1n) is 9.70. The number of carbonyl (C=O) groups excluding carboxylic acids is 1. The smallest absolute Gasteiger partial charge is 0.317 e. The number of aromatic nitrogens is 2. The van der Waals surface area contributed by atoms with Crippen molar-refractivity contribution in [3.05, 3.63) is 23.8 Å². The van der Waals surface area contributed by atoms with Crippen molar-refractivity contribution in [2.45, 2.75) is 62.9 Å². The molecule has 136 valence electrons. The summed E-state index contributed by atoms with van der Waals surface area (Å²) < 4.78 is 0. The number of fused-ring (bicyclic) bond motifs is 1. The number of carbonyl (C=O) groups is 1. The number of hydrogen-bond donors (Lipinski definition) is 2. The lowest BCUT2D eigenvalue weighted by Crippen LogP contribution is -2.56. The first-order chi connectivity index (χ1) is 12.1. The van der Waals surface area contributed by atoms with Crippen molar-refractivity contribution in [1.29, 1.82) is 0 Å². The van der Waals surface area contributed by atoms with Gasteiger partial charge in [0, 0.05) is 43.9 Å². The van der Waals surface area contributed by atoms with E-state index >= 15 is 0 Å². The van der Waals surface area contributed by atoms with E-state index in [2.05, 4.69) is 15.3 Å². The van der Waals surface area contributed by atoms with E-state index in [0.29, 0.717) is 32.0 Å². The van der Waals surface area contributed by atoms with Crippen LogP contribution in [0.1, 0.15) is 62.3 Å². The number of nitrogens with zero attached hydrogens (tertiary/aromatic N) is 3. The fourth-order valence-corrected chi connectivity index (χ4v) is 4.23. The minimum Gasteiger partial charge on any atom is -0.389 e. The molecule has 2 N–H and O–H groups in total. The summed E-state index contributed by atoms with van der Waals surface area (Å²) in [7, 11) is 0. The van der Waals surface area contributed by atoms with Crippen LogP contribution in [0.15, 0.2) is 12.4 Å². The molecule has 0 bridgehead atoms. The van der Waals surface area contributed by atoms with Crippen molar-refractivity contribution in [2.24, 2.45) is 5.92 Å². The van der Waals surface area contributed by atoms with Crippen molar-refractivity contribution in [3.63, 3.8) is 0 Å². The zero-order valence-corrected chi connectivity index (χ0v) is 14.8. The summed E-state index contributed by atoms with van der Waals surface area (Å²) in [4.78, 5) is 23.1. The van der Waals surface area contributed by atoms with E-state index in [4.69, 9.17) is 0 Å². The van der Waals surface area contributed by atoms with Crippen LogP contribution in [-0.4, -0.2) is 51.2 Å². The molecule has 1 aliphatic heterocycles. The number of hydrogen-bond acceptors (Lipinski definition) is 4. The van der Waals surface area contributed by atoms with E-state index < -0.39 is 5.60 Å². The molecule has 6 heteroatoms. The van der Waals surface area contributed by atoms with Crippen molar-refractivity contribution in [3.8, 4) is 0 Å². The minimum absolute atomic E-state index is 0.0110. The Hall–Kier alpha value is -1.69. The quantitative estimate of drug-likeness (QED) is 0.878. The number of nitrogens with one attached hydrogen (secondary N) is 1. The molecule has 3 fully saturated rings. The van der Waals surface area contributed by atoms with Crippen molar-refractivity contribution < 1.29 is 9.90 Å². The van der Waals surface area contributed by atoms with Gasteiger partial charge in [0.25, 0.3) is 0 Å². The van der Waals surface area contributed by atoms with E-state index in [1.807, 2.05) is 17.3 Å². The van der Waals surface area contributed by atoms with Crippen LogP contribution in [0.4, 0.5) is 4.79 Å². The van der Waals surface area contributed by atoms with Crippen LogP contribution in [0.2, 0.25) is 0 Å². The molecule has 6 nitrogen and oxygen atoms in total. The first kappa shape index (κ1) is 16.8. The van der Waals surface area contributed by atoms with E-state index in [1.165, 1.54) is 19.3 Å². The third kappa shape index (κ3) is 3.78. The summed E-state index contributed by atoms with van der Waals surface area (Å²) in [5.41, 5.74) is 0.528. The predicted octanol–water partition coefficient (Wildman–Crippen LogP) is 2.23. The van der Waals surface area contributed by atoms with Crippen LogP contribution in [0.25, 0.3) is 0 Å². The molecule has 2 heterocycles.